The Labute approximate surface area is 156 Å². The Balaban J connectivity index is 1.55. The van der Waals surface area contributed by atoms with Crippen LogP contribution in [0, 0.1) is 27.7 Å². The molecule has 2 aromatic rings. The topological polar surface area (TPSA) is 50.2 Å². The van der Waals surface area contributed by atoms with Gasteiger partial charge in [-0.15, -0.1) is 0 Å². The summed E-state index contributed by atoms with van der Waals surface area (Å²) in [6.45, 7) is 10.7. The Hall–Kier alpha value is -2.30. The molecule has 2 amide bonds. The molecule has 2 heterocycles. The Kier molecular flexibility index (Phi) is 5.64. The standard InChI is InChI=1S/C21H30N4O/c1-15-8-5-9-19(18(15)4)20-10-6-12-24(20)21(26)22-11-7-13-25-17(3)14-16(2)23-25/h5,8-9,14,20H,6-7,10-13H2,1-4H3,(H,22,26). The van der Waals surface area contributed by atoms with Crippen molar-refractivity contribution in [3.63, 3.8) is 0 Å². The van der Waals surface area contributed by atoms with Crippen molar-refractivity contribution in [1.29, 1.82) is 0 Å². The lowest BCUT2D eigenvalue weighted by Crippen LogP contribution is -2.40. The van der Waals surface area contributed by atoms with Crippen molar-refractivity contribution in [1.82, 2.24) is 20.0 Å². The van der Waals surface area contributed by atoms with Crippen LogP contribution < -0.4 is 5.32 Å². The molecule has 0 saturated carbocycles. The summed E-state index contributed by atoms with van der Waals surface area (Å²) in [5.41, 5.74) is 6.10. The summed E-state index contributed by atoms with van der Waals surface area (Å²) in [7, 11) is 0. The van der Waals surface area contributed by atoms with Gasteiger partial charge in [-0.05, 0) is 69.7 Å². The van der Waals surface area contributed by atoms with Gasteiger partial charge in [-0.1, -0.05) is 18.2 Å². The van der Waals surface area contributed by atoms with Crippen molar-refractivity contribution in [2.45, 2.75) is 59.5 Å². The molecule has 0 spiro atoms. The van der Waals surface area contributed by atoms with E-state index in [1.807, 2.05) is 16.5 Å². The first kappa shape index (κ1) is 18.5. The SMILES string of the molecule is Cc1cc(C)n(CCCNC(=O)N2CCCC2c2cccc(C)c2C)n1. The van der Waals surface area contributed by atoms with Crippen molar-refractivity contribution < 1.29 is 4.79 Å². The molecule has 1 aromatic heterocycles. The van der Waals surface area contributed by atoms with E-state index < -0.39 is 0 Å². The predicted octanol–water partition coefficient (Wildman–Crippen LogP) is 4.05. The number of urea groups is 1. The van der Waals surface area contributed by atoms with Gasteiger partial charge in [0.2, 0.25) is 0 Å². The van der Waals surface area contributed by atoms with E-state index in [9.17, 15) is 4.79 Å². The minimum atomic E-state index is 0.0572. The van der Waals surface area contributed by atoms with Gasteiger partial charge in [0, 0.05) is 25.3 Å². The van der Waals surface area contributed by atoms with E-state index in [0.29, 0.717) is 6.54 Å². The van der Waals surface area contributed by atoms with Gasteiger partial charge in [0.1, 0.15) is 0 Å². The first-order valence-corrected chi connectivity index (χ1v) is 9.59. The summed E-state index contributed by atoms with van der Waals surface area (Å²) < 4.78 is 2.01. The molecule has 1 aliphatic rings. The summed E-state index contributed by atoms with van der Waals surface area (Å²) in [6, 6.07) is 8.74. The van der Waals surface area contributed by atoms with Crippen LogP contribution >= 0.6 is 0 Å². The molecule has 1 N–H and O–H groups in total. The van der Waals surface area contributed by atoms with Crippen LogP contribution in [-0.4, -0.2) is 33.8 Å². The Morgan fingerprint density at radius 3 is 2.81 bits per heavy atom. The lowest BCUT2D eigenvalue weighted by atomic mass is 9.96. The van der Waals surface area contributed by atoms with Gasteiger partial charge in [0.15, 0.2) is 0 Å². The van der Waals surface area contributed by atoms with E-state index in [0.717, 1.165) is 38.0 Å². The van der Waals surface area contributed by atoms with Crippen molar-refractivity contribution in [2.75, 3.05) is 13.1 Å². The van der Waals surface area contributed by atoms with Crippen LogP contribution in [0.5, 0.6) is 0 Å². The Morgan fingerprint density at radius 2 is 2.08 bits per heavy atom. The monoisotopic (exact) mass is 354 g/mol. The van der Waals surface area contributed by atoms with Crippen LogP contribution in [0.25, 0.3) is 0 Å². The van der Waals surface area contributed by atoms with Gasteiger partial charge in [-0.2, -0.15) is 5.10 Å². The highest BCUT2D eigenvalue weighted by Gasteiger charge is 2.30. The average molecular weight is 354 g/mol. The number of rotatable bonds is 5. The molecule has 26 heavy (non-hydrogen) atoms. The van der Waals surface area contributed by atoms with E-state index >= 15 is 0 Å². The van der Waals surface area contributed by atoms with Crippen LogP contribution in [0.1, 0.15) is 53.4 Å². The van der Waals surface area contributed by atoms with E-state index in [2.05, 4.69) is 55.5 Å². The lowest BCUT2D eigenvalue weighted by molar-refractivity contribution is 0.192. The van der Waals surface area contributed by atoms with Crippen LogP contribution in [0.4, 0.5) is 4.79 Å². The smallest absolute Gasteiger partial charge is 0.317 e. The molecule has 1 unspecified atom stereocenters. The second-order valence-corrected chi connectivity index (χ2v) is 7.38. The second-order valence-electron chi connectivity index (χ2n) is 7.38. The van der Waals surface area contributed by atoms with E-state index in [1.165, 1.54) is 22.4 Å². The zero-order chi connectivity index (χ0) is 18.7. The number of hydrogen-bond acceptors (Lipinski definition) is 2. The maximum Gasteiger partial charge on any atom is 0.317 e. The molecule has 1 fully saturated rings. The maximum atomic E-state index is 12.7. The third-order valence-corrected chi connectivity index (χ3v) is 5.45. The number of nitrogens with zero attached hydrogens (tertiary/aromatic N) is 3. The molecule has 5 heteroatoms. The highest BCUT2D eigenvalue weighted by atomic mass is 16.2. The molecule has 1 saturated heterocycles. The number of hydrogen-bond donors (Lipinski definition) is 1. The number of aryl methyl sites for hydroxylation is 4. The van der Waals surface area contributed by atoms with E-state index in [4.69, 9.17) is 0 Å². The lowest BCUT2D eigenvalue weighted by Gasteiger charge is -2.27. The first-order valence-electron chi connectivity index (χ1n) is 9.59. The number of benzene rings is 1. The minimum absolute atomic E-state index is 0.0572. The molecule has 1 aromatic carbocycles. The van der Waals surface area contributed by atoms with Crippen LogP contribution in [0.3, 0.4) is 0 Å². The second kappa shape index (κ2) is 7.94. The molecule has 3 rings (SSSR count). The van der Waals surface area contributed by atoms with Crippen molar-refractivity contribution >= 4 is 6.03 Å². The summed E-state index contributed by atoms with van der Waals surface area (Å²) in [5, 5.41) is 7.57. The zero-order valence-electron chi connectivity index (χ0n) is 16.4. The highest BCUT2D eigenvalue weighted by molar-refractivity contribution is 5.75. The Bertz CT molecular complexity index is 780. The molecule has 0 bridgehead atoms. The third kappa shape index (κ3) is 3.92. The van der Waals surface area contributed by atoms with Gasteiger partial charge >= 0.3 is 6.03 Å². The molecule has 0 aliphatic carbocycles. The van der Waals surface area contributed by atoms with Gasteiger partial charge in [-0.3, -0.25) is 4.68 Å². The first-order chi connectivity index (χ1) is 12.5. The summed E-state index contributed by atoms with van der Waals surface area (Å²) in [5.74, 6) is 0. The van der Waals surface area contributed by atoms with Gasteiger partial charge in [0.25, 0.3) is 0 Å². The highest BCUT2D eigenvalue weighted by Crippen LogP contribution is 2.34. The van der Waals surface area contributed by atoms with Crippen molar-refractivity contribution in [3.8, 4) is 0 Å². The van der Waals surface area contributed by atoms with Gasteiger partial charge < -0.3 is 10.2 Å². The molecule has 1 aliphatic heterocycles. The Morgan fingerprint density at radius 1 is 1.27 bits per heavy atom. The van der Waals surface area contributed by atoms with Crippen molar-refractivity contribution in [2.24, 2.45) is 0 Å². The molecule has 5 nitrogen and oxygen atoms in total. The zero-order valence-corrected chi connectivity index (χ0v) is 16.4. The molecular weight excluding hydrogens is 324 g/mol. The normalized spacial score (nSPS) is 16.9. The number of amides is 2. The van der Waals surface area contributed by atoms with E-state index in [-0.39, 0.29) is 12.1 Å². The largest absolute Gasteiger partial charge is 0.338 e. The third-order valence-electron chi connectivity index (χ3n) is 5.45. The fourth-order valence-electron chi connectivity index (χ4n) is 3.89. The maximum absolute atomic E-state index is 12.7. The van der Waals surface area contributed by atoms with Crippen molar-refractivity contribution in [3.05, 3.63) is 52.3 Å². The number of aromatic nitrogens is 2. The average Bonchev–Trinajstić information content (AvgIpc) is 3.20. The fraction of sp³-hybridized carbons (Fsp3) is 0.524. The number of carbonyl (C=O) groups excluding carboxylic acids is 1. The minimum Gasteiger partial charge on any atom is -0.338 e. The summed E-state index contributed by atoms with van der Waals surface area (Å²) >= 11 is 0. The van der Waals surface area contributed by atoms with Crippen LogP contribution in [-0.2, 0) is 6.54 Å². The summed E-state index contributed by atoms with van der Waals surface area (Å²) in [6.07, 6.45) is 3.00. The molecule has 140 valence electrons. The number of likely N-dealkylation sites (tertiary alicyclic amines) is 1. The quantitative estimate of drug-likeness (QED) is 0.824. The molecular formula is C21H30N4O. The van der Waals surface area contributed by atoms with Gasteiger partial charge in [0.05, 0.1) is 11.7 Å². The van der Waals surface area contributed by atoms with Crippen LogP contribution in [0.15, 0.2) is 24.3 Å². The molecule has 0 radical (unpaired) electrons. The van der Waals surface area contributed by atoms with Crippen LogP contribution in [0.2, 0.25) is 0 Å². The van der Waals surface area contributed by atoms with Gasteiger partial charge in [-0.25, -0.2) is 4.79 Å². The number of nitrogens with one attached hydrogen (secondary N) is 1. The molecule has 1 atom stereocenters. The number of carbonyl (C=O) groups is 1. The van der Waals surface area contributed by atoms with E-state index in [1.54, 1.807) is 0 Å². The predicted molar refractivity (Wildman–Crippen MR) is 104 cm³/mol. The summed E-state index contributed by atoms with van der Waals surface area (Å²) in [4.78, 5) is 14.7. The fourth-order valence-corrected chi connectivity index (χ4v) is 3.89.